The third-order valence-electron chi connectivity index (χ3n) is 4.03. The Morgan fingerprint density at radius 2 is 1.92 bits per heavy atom. The van der Waals surface area contributed by atoms with Crippen LogP contribution >= 0.6 is 0 Å². The van der Waals surface area contributed by atoms with Gasteiger partial charge in [-0.3, -0.25) is 9.59 Å². The van der Waals surface area contributed by atoms with E-state index in [1.165, 1.54) is 0 Å². The molecule has 132 valence electrons. The molecule has 2 atom stereocenters. The first-order valence-corrected chi connectivity index (χ1v) is 8.37. The van der Waals surface area contributed by atoms with Crippen molar-refractivity contribution in [2.75, 3.05) is 38.2 Å². The molecule has 0 saturated heterocycles. The van der Waals surface area contributed by atoms with Crippen molar-refractivity contribution >= 4 is 17.5 Å². The van der Waals surface area contributed by atoms with Crippen molar-refractivity contribution < 1.29 is 24.0 Å². The van der Waals surface area contributed by atoms with E-state index in [0.29, 0.717) is 43.5 Å². The lowest BCUT2D eigenvalue weighted by Crippen LogP contribution is -3.17. The molecule has 1 aliphatic heterocycles. The quantitative estimate of drug-likeness (QED) is 0.646. The first-order chi connectivity index (χ1) is 11.5. The van der Waals surface area contributed by atoms with E-state index in [9.17, 15) is 9.59 Å². The molecule has 0 fully saturated rings. The molecule has 0 saturated carbocycles. The van der Waals surface area contributed by atoms with Gasteiger partial charge in [-0.25, -0.2) is 0 Å². The highest BCUT2D eigenvalue weighted by Gasteiger charge is 2.26. The van der Waals surface area contributed by atoms with E-state index < -0.39 is 0 Å². The first kappa shape index (κ1) is 18.1. The van der Waals surface area contributed by atoms with Gasteiger partial charge >= 0.3 is 0 Å². The molecule has 0 aromatic heterocycles. The van der Waals surface area contributed by atoms with E-state index in [0.717, 1.165) is 4.90 Å². The smallest absolute Gasteiger partial charge is 0.282 e. The van der Waals surface area contributed by atoms with Crippen LogP contribution in [0.1, 0.15) is 20.8 Å². The lowest BCUT2D eigenvalue weighted by molar-refractivity contribution is -0.904. The number of nitrogens with one attached hydrogen (secondary N) is 3. The zero-order valence-corrected chi connectivity index (χ0v) is 14.5. The van der Waals surface area contributed by atoms with Gasteiger partial charge in [-0.15, -0.1) is 0 Å². The highest BCUT2D eigenvalue weighted by atomic mass is 16.6. The van der Waals surface area contributed by atoms with Gasteiger partial charge in [0.1, 0.15) is 13.2 Å². The Morgan fingerprint density at radius 1 is 1.21 bits per heavy atom. The number of carbonyl (C=O) groups excluding carboxylic acids is 2. The van der Waals surface area contributed by atoms with E-state index >= 15 is 0 Å². The van der Waals surface area contributed by atoms with Crippen molar-refractivity contribution in [3.05, 3.63) is 18.2 Å². The summed E-state index contributed by atoms with van der Waals surface area (Å²) in [6.45, 7) is 8.25. The summed E-state index contributed by atoms with van der Waals surface area (Å²) in [6.07, 6.45) is 0. The topological polar surface area (TPSA) is 81.1 Å². The zero-order chi connectivity index (χ0) is 17.5. The summed E-state index contributed by atoms with van der Waals surface area (Å²) < 4.78 is 11.0. The maximum Gasteiger partial charge on any atom is 0.282 e. The number of carbonyl (C=O) groups is 2. The Bertz CT molecular complexity index is 591. The minimum atomic E-state index is -0.342. The van der Waals surface area contributed by atoms with Crippen LogP contribution in [0.2, 0.25) is 0 Å². The summed E-state index contributed by atoms with van der Waals surface area (Å²) in [5.41, 5.74) is 0.657. The van der Waals surface area contributed by atoms with Gasteiger partial charge in [0.25, 0.3) is 11.8 Å². The molecule has 0 spiro atoms. The molecular weight excluding hydrogens is 310 g/mol. The number of amides is 2. The van der Waals surface area contributed by atoms with Crippen molar-refractivity contribution in [3.8, 4) is 11.5 Å². The van der Waals surface area contributed by atoms with Crippen LogP contribution in [-0.2, 0) is 9.59 Å². The summed E-state index contributed by atoms with van der Waals surface area (Å²) in [4.78, 5) is 25.2. The highest BCUT2D eigenvalue weighted by Crippen LogP contribution is 2.32. The molecule has 2 amide bonds. The van der Waals surface area contributed by atoms with Crippen LogP contribution in [0.3, 0.4) is 0 Å². The van der Waals surface area contributed by atoms with Gasteiger partial charge in [0, 0.05) is 18.3 Å². The molecule has 1 aliphatic rings. The van der Waals surface area contributed by atoms with Gasteiger partial charge in [-0.1, -0.05) is 0 Å². The van der Waals surface area contributed by atoms with Crippen molar-refractivity contribution in [3.63, 3.8) is 0 Å². The van der Waals surface area contributed by atoms with E-state index in [1.807, 2.05) is 20.8 Å². The number of quaternary nitrogens is 1. The number of anilines is 1. The number of fused-ring (bicyclic) bond motifs is 1. The predicted octanol–water partition coefficient (Wildman–Crippen LogP) is -0.174. The Labute approximate surface area is 142 Å². The van der Waals surface area contributed by atoms with E-state index in [-0.39, 0.29) is 24.4 Å². The third kappa shape index (κ3) is 4.61. The normalized spacial score (nSPS) is 15.3. The van der Waals surface area contributed by atoms with E-state index in [1.54, 1.807) is 18.2 Å². The minimum absolute atomic E-state index is 0.0478. The standard InChI is InChI=1S/C17H25N3O4/c1-4-18-16(21)11-20(5-2)12(3)17(22)19-13-6-7-14-15(10-13)24-9-8-23-14/h6-7,10,12H,4-5,8-9,11H2,1-3H3,(H,18,21)(H,19,22)/p+1/t12-/m1/s1. The van der Waals surface area contributed by atoms with Crippen LogP contribution in [0.5, 0.6) is 11.5 Å². The van der Waals surface area contributed by atoms with Crippen LogP contribution in [0, 0.1) is 0 Å². The number of hydrogen-bond acceptors (Lipinski definition) is 4. The minimum Gasteiger partial charge on any atom is -0.486 e. The maximum absolute atomic E-state index is 12.5. The van der Waals surface area contributed by atoms with Gasteiger partial charge < -0.3 is 25.0 Å². The summed E-state index contributed by atoms with van der Waals surface area (Å²) in [7, 11) is 0. The fourth-order valence-corrected chi connectivity index (χ4v) is 2.61. The SMILES string of the molecule is CCNC(=O)C[NH+](CC)[C@H](C)C(=O)Nc1ccc2c(c1)OCCO2. The van der Waals surface area contributed by atoms with Crippen LogP contribution in [-0.4, -0.2) is 50.7 Å². The zero-order valence-electron chi connectivity index (χ0n) is 14.5. The van der Waals surface area contributed by atoms with Gasteiger partial charge in [0.05, 0.1) is 6.54 Å². The van der Waals surface area contributed by atoms with E-state index in [2.05, 4.69) is 10.6 Å². The molecule has 7 heteroatoms. The summed E-state index contributed by atoms with van der Waals surface area (Å²) in [5.74, 6) is 1.14. The van der Waals surface area contributed by atoms with Crippen molar-refractivity contribution in [1.82, 2.24) is 5.32 Å². The van der Waals surface area contributed by atoms with Crippen LogP contribution in [0.25, 0.3) is 0 Å². The van der Waals surface area contributed by atoms with Crippen molar-refractivity contribution in [2.24, 2.45) is 0 Å². The monoisotopic (exact) mass is 336 g/mol. The fraction of sp³-hybridized carbons (Fsp3) is 0.529. The molecule has 2 rings (SSSR count). The summed E-state index contributed by atoms with van der Waals surface area (Å²) in [6, 6.07) is 4.99. The highest BCUT2D eigenvalue weighted by molar-refractivity contribution is 5.94. The Hall–Kier alpha value is -2.28. The van der Waals surface area contributed by atoms with Crippen LogP contribution < -0.4 is 25.0 Å². The van der Waals surface area contributed by atoms with E-state index in [4.69, 9.17) is 9.47 Å². The number of likely N-dealkylation sites (N-methyl/N-ethyl adjacent to an activating group) is 2. The van der Waals surface area contributed by atoms with Crippen LogP contribution in [0.4, 0.5) is 5.69 Å². The van der Waals surface area contributed by atoms with Crippen LogP contribution in [0.15, 0.2) is 18.2 Å². The molecule has 24 heavy (non-hydrogen) atoms. The largest absolute Gasteiger partial charge is 0.486 e. The Morgan fingerprint density at radius 3 is 2.58 bits per heavy atom. The van der Waals surface area contributed by atoms with Gasteiger partial charge in [-0.05, 0) is 32.9 Å². The second-order valence-corrected chi connectivity index (χ2v) is 5.71. The maximum atomic E-state index is 12.5. The average Bonchev–Trinajstić information content (AvgIpc) is 2.59. The van der Waals surface area contributed by atoms with Crippen molar-refractivity contribution in [2.45, 2.75) is 26.8 Å². The molecule has 7 nitrogen and oxygen atoms in total. The fourth-order valence-electron chi connectivity index (χ4n) is 2.61. The Balaban J connectivity index is 1.98. The van der Waals surface area contributed by atoms with Gasteiger partial charge in [0.15, 0.2) is 24.1 Å². The number of hydrogen-bond donors (Lipinski definition) is 3. The second kappa shape index (κ2) is 8.54. The lowest BCUT2D eigenvalue weighted by Gasteiger charge is -2.24. The first-order valence-electron chi connectivity index (χ1n) is 8.37. The number of ether oxygens (including phenoxy) is 2. The molecule has 0 bridgehead atoms. The molecule has 0 aliphatic carbocycles. The summed E-state index contributed by atoms with van der Waals surface area (Å²) >= 11 is 0. The van der Waals surface area contributed by atoms with Gasteiger partial charge in [0.2, 0.25) is 0 Å². The number of benzene rings is 1. The molecular formula is C17H26N3O4+. The molecule has 1 aromatic carbocycles. The third-order valence-corrected chi connectivity index (χ3v) is 4.03. The Kier molecular flexibility index (Phi) is 6.43. The number of rotatable bonds is 7. The molecule has 1 aromatic rings. The molecule has 0 radical (unpaired) electrons. The predicted molar refractivity (Wildman–Crippen MR) is 90.6 cm³/mol. The lowest BCUT2D eigenvalue weighted by atomic mass is 10.2. The molecule has 3 N–H and O–H groups in total. The second-order valence-electron chi connectivity index (χ2n) is 5.71. The van der Waals surface area contributed by atoms with Crippen molar-refractivity contribution in [1.29, 1.82) is 0 Å². The molecule has 1 heterocycles. The molecule has 1 unspecified atom stereocenters. The summed E-state index contributed by atoms with van der Waals surface area (Å²) in [5, 5.41) is 5.65. The average molecular weight is 336 g/mol. The van der Waals surface area contributed by atoms with Gasteiger partial charge in [-0.2, -0.15) is 0 Å².